The number of rotatable bonds is 2. The van der Waals surface area contributed by atoms with Gasteiger partial charge in [-0.1, -0.05) is 103 Å². The third kappa shape index (κ3) is 3.21. The lowest BCUT2D eigenvalue weighted by molar-refractivity contribution is 0.260. The molecule has 1 aromatic heterocycles. The number of hydrogen-bond donors (Lipinski definition) is 1. The summed E-state index contributed by atoms with van der Waals surface area (Å²) in [5.41, 5.74) is 11.4. The lowest BCUT2D eigenvalue weighted by atomic mass is 9.93. The fraction of sp³-hybridized carbons (Fsp3) is 0.0233. The summed E-state index contributed by atoms with van der Waals surface area (Å²) in [4.78, 5) is 0. The monoisotopic (exact) mass is 587 g/mol. The van der Waals surface area contributed by atoms with Crippen LogP contribution in [0.3, 0.4) is 0 Å². The van der Waals surface area contributed by atoms with E-state index in [4.69, 9.17) is 9.15 Å². The van der Waals surface area contributed by atoms with Crippen LogP contribution in [0.4, 0.5) is 5.69 Å². The Hall–Kier alpha value is -6.06. The largest absolute Gasteiger partial charge is 0.464 e. The van der Waals surface area contributed by atoms with Gasteiger partial charge in [0.05, 0.1) is 5.69 Å². The van der Waals surface area contributed by atoms with Crippen molar-refractivity contribution in [1.29, 1.82) is 0 Å². The Balaban J connectivity index is 1.11. The summed E-state index contributed by atoms with van der Waals surface area (Å²) in [5, 5.41) is 13.4. The summed E-state index contributed by atoms with van der Waals surface area (Å²) in [6, 6.07) is 50.1. The number of nitrogens with one attached hydrogen (secondary N) is 1. The van der Waals surface area contributed by atoms with Gasteiger partial charge < -0.3 is 14.5 Å². The minimum Gasteiger partial charge on any atom is -0.464 e. The molecule has 0 fully saturated rings. The van der Waals surface area contributed by atoms with Gasteiger partial charge in [0, 0.05) is 27.3 Å². The van der Waals surface area contributed by atoms with E-state index in [2.05, 4.69) is 133 Å². The van der Waals surface area contributed by atoms with Gasteiger partial charge >= 0.3 is 0 Å². The van der Waals surface area contributed by atoms with Crippen molar-refractivity contribution in [2.24, 2.45) is 0 Å². The highest BCUT2D eigenvalue weighted by molar-refractivity contribution is 6.24. The molecule has 1 unspecified atom stereocenters. The second kappa shape index (κ2) is 8.77. The predicted molar refractivity (Wildman–Crippen MR) is 190 cm³/mol. The summed E-state index contributed by atoms with van der Waals surface area (Å²) in [7, 11) is 0. The van der Waals surface area contributed by atoms with Gasteiger partial charge in [0.2, 0.25) is 0 Å². The molecule has 1 N–H and O–H groups in total. The topological polar surface area (TPSA) is 34.4 Å². The molecule has 0 spiro atoms. The molecule has 0 amide bonds. The molecular weight excluding hydrogens is 562 g/mol. The highest BCUT2D eigenvalue weighted by atomic mass is 16.5. The Bertz CT molecular complexity index is 2760. The maximum absolute atomic E-state index is 6.52. The Morgan fingerprint density at radius 1 is 0.500 bits per heavy atom. The Morgan fingerprint density at radius 3 is 2.30 bits per heavy atom. The van der Waals surface area contributed by atoms with Crippen LogP contribution in [-0.4, -0.2) is 0 Å². The van der Waals surface area contributed by atoms with Crippen molar-refractivity contribution >= 4 is 59.9 Å². The van der Waals surface area contributed by atoms with Crippen LogP contribution in [0.25, 0.3) is 87.6 Å². The van der Waals surface area contributed by atoms with E-state index >= 15 is 0 Å². The van der Waals surface area contributed by atoms with E-state index in [1.165, 1.54) is 71.1 Å². The van der Waals surface area contributed by atoms with Crippen molar-refractivity contribution < 1.29 is 9.15 Å². The molecule has 0 radical (unpaired) electrons. The average Bonchev–Trinajstić information content (AvgIpc) is 3.81. The summed E-state index contributed by atoms with van der Waals surface area (Å²) < 4.78 is 12.9. The highest BCUT2D eigenvalue weighted by Gasteiger charge is 2.28. The van der Waals surface area contributed by atoms with E-state index in [1.807, 2.05) is 12.1 Å². The van der Waals surface area contributed by atoms with E-state index < -0.39 is 0 Å². The van der Waals surface area contributed by atoms with Gasteiger partial charge in [0.25, 0.3) is 0 Å². The number of furan rings is 1. The van der Waals surface area contributed by atoms with Crippen LogP contribution in [0.1, 0.15) is 11.8 Å². The van der Waals surface area contributed by atoms with Crippen molar-refractivity contribution in [2.75, 3.05) is 5.32 Å². The third-order valence-corrected chi connectivity index (χ3v) is 10.0. The number of anilines is 1. The maximum Gasteiger partial charge on any atom is 0.196 e. The van der Waals surface area contributed by atoms with Gasteiger partial charge in [-0.25, -0.2) is 0 Å². The number of hydrogen-bond acceptors (Lipinski definition) is 3. The molecule has 1 aliphatic heterocycles. The Morgan fingerprint density at radius 2 is 1.35 bits per heavy atom. The zero-order valence-electron chi connectivity index (χ0n) is 24.7. The van der Waals surface area contributed by atoms with Crippen molar-refractivity contribution in [2.45, 2.75) is 6.23 Å². The molecule has 9 aromatic rings. The first-order chi connectivity index (χ1) is 22.8. The van der Waals surface area contributed by atoms with Crippen molar-refractivity contribution in [3.63, 3.8) is 0 Å². The summed E-state index contributed by atoms with van der Waals surface area (Å²) in [6.07, 6.45) is -0.211. The van der Waals surface area contributed by atoms with E-state index in [1.54, 1.807) is 0 Å². The molecule has 1 aliphatic carbocycles. The van der Waals surface area contributed by atoms with Gasteiger partial charge in [0.1, 0.15) is 16.9 Å². The Kier molecular flexibility index (Phi) is 4.63. The smallest absolute Gasteiger partial charge is 0.196 e. The molecule has 2 aliphatic rings. The van der Waals surface area contributed by atoms with Crippen LogP contribution >= 0.6 is 0 Å². The zero-order valence-corrected chi connectivity index (χ0v) is 24.7. The minimum atomic E-state index is -0.211. The normalized spacial score (nSPS) is 14.7. The molecule has 3 heteroatoms. The molecular formula is C43H25NO2. The quantitative estimate of drug-likeness (QED) is 0.204. The Labute approximate surface area is 264 Å². The molecule has 1 atom stereocenters. The molecule has 46 heavy (non-hydrogen) atoms. The lowest BCUT2D eigenvalue weighted by Crippen LogP contribution is -2.09. The SMILES string of the molecule is c1ccc(C2Nc3c(ccc4ccc5ccc(-c6cc7c8c(cccc8c6)-c6c-7ccc7c6oc6ccccc67)cc5c34)O2)cc1. The standard InChI is InChI=1S/C43H25NO2/c1-2-7-26(8-3-1)43-44-41-37(46-43)20-17-25-15-13-24-14-16-27(22-34(24)39(25)41)29-21-28-9-6-11-33-38(28)35(23-29)31-18-19-32-30-10-4-5-12-36(30)45-42(32)40(31)33/h1-23,43-44H. The number of para-hydroxylation sites is 1. The number of fused-ring (bicyclic) bond motifs is 12. The van der Waals surface area contributed by atoms with Gasteiger partial charge in [-0.3, -0.25) is 0 Å². The fourth-order valence-electron chi connectivity index (χ4n) is 7.91. The van der Waals surface area contributed by atoms with Crippen molar-refractivity contribution in [3.8, 4) is 39.1 Å². The summed E-state index contributed by atoms with van der Waals surface area (Å²) >= 11 is 0. The van der Waals surface area contributed by atoms with Gasteiger partial charge in [-0.05, 0) is 91.1 Å². The number of ether oxygens (including phenoxy) is 1. The fourth-order valence-corrected chi connectivity index (χ4v) is 7.91. The van der Waals surface area contributed by atoms with Crippen molar-refractivity contribution in [3.05, 3.63) is 145 Å². The first kappa shape index (κ1) is 24.3. The zero-order chi connectivity index (χ0) is 29.9. The average molecular weight is 588 g/mol. The van der Waals surface area contributed by atoms with Crippen LogP contribution in [0.15, 0.2) is 144 Å². The molecule has 0 saturated heterocycles. The van der Waals surface area contributed by atoms with Gasteiger partial charge in [-0.15, -0.1) is 0 Å². The minimum absolute atomic E-state index is 0.211. The predicted octanol–water partition coefficient (Wildman–Crippen LogP) is 11.9. The van der Waals surface area contributed by atoms with E-state index in [0.717, 1.165) is 33.6 Å². The highest BCUT2D eigenvalue weighted by Crippen LogP contribution is 2.53. The molecule has 214 valence electrons. The van der Waals surface area contributed by atoms with Crippen LogP contribution in [0.2, 0.25) is 0 Å². The molecule has 3 nitrogen and oxygen atoms in total. The van der Waals surface area contributed by atoms with Crippen LogP contribution < -0.4 is 10.1 Å². The molecule has 2 heterocycles. The molecule has 11 rings (SSSR count). The van der Waals surface area contributed by atoms with Crippen LogP contribution in [0, 0.1) is 0 Å². The van der Waals surface area contributed by atoms with Crippen molar-refractivity contribution in [1.82, 2.24) is 0 Å². The molecule has 8 aromatic carbocycles. The maximum atomic E-state index is 6.52. The lowest BCUT2D eigenvalue weighted by Gasteiger charge is -2.12. The van der Waals surface area contributed by atoms with Crippen LogP contribution in [0.5, 0.6) is 5.75 Å². The summed E-state index contributed by atoms with van der Waals surface area (Å²) in [5.74, 6) is 0.888. The third-order valence-electron chi connectivity index (χ3n) is 10.0. The van der Waals surface area contributed by atoms with E-state index in [0.29, 0.717) is 0 Å². The second-order valence-electron chi connectivity index (χ2n) is 12.5. The van der Waals surface area contributed by atoms with Gasteiger partial charge in [0.15, 0.2) is 6.23 Å². The van der Waals surface area contributed by atoms with E-state index in [-0.39, 0.29) is 6.23 Å². The first-order valence-electron chi connectivity index (χ1n) is 15.8. The summed E-state index contributed by atoms with van der Waals surface area (Å²) in [6.45, 7) is 0. The second-order valence-corrected chi connectivity index (χ2v) is 12.5. The van der Waals surface area contributed by atoms with E-state index in [9.17, 15) is 0 Å². The van der Waals surface area contributed by atoms with Gasteiger partial charge in [-0.2, -0.15) is 0 Å². The molecule has 0 saturated carbocycles. The molecule has 0 bridgehead atoms. The first-order valence-corrected chi connectivity index (χ1v) is 15.8. The van der Waals surface area contributed by atoms with Crippen LogP contribution in [-0.2, 0) is 0 Å². The number of benzene rings is 8.